The number of aromatic hydroxyl groups is 2. The molecule has 51 heavy (non-hydrogen) atoms. The lowest BCUT2D eigenvalue weighted by Crippen LogP contribution is -2.38. The fourth-order valence-corrected chi connectivity index (χ4v) is 4.99. The molecule has 0 bridgehead atoms. The zero-order chi connectivity index (χ0) is 36.9. The Labute approximate surface area is 294 Å². The van der Waals surface area contributed by atoms with E-state index in [0.717, 1.165) is 0 Å². The van der Waals surface area contributed by atoms with Crippen LogP contribution in [0.15, 0.2) is 107 Å². The number of hydrogen-bond acceptors (Lipinski definition) is 10. The Morgan fingerprint density at radius 1 is 0.588 bits per heavy atom. The van der Waals surface area contributed by atoms with Crippen LogP contribution < -0.4 is 31.0 Å². The lowest BCUT2D eigenvalue weighted by atomic mass is 9.87. The molecule has 14 nitrogen and oxygen atoms in total. The van der Waals surface area contributed by atoms with Crippen LogP contribution in [-0.2, 0) is 9.59 Å². The second-order valence-electron chi connectivity index (χ2n) is 11.1. The normalized spacial score (nSPS) is 12.5. The Balaban J connectivity index is 1.72. The number of hydrogen-bond donors (Lipinski definition) is 6. The van der Waals surface area contributed by atoms with Gasteiger partial charge in [-0.2, -0.15) is 10.2 Å². The molecule has 0 aliphatic carbocycles. The van der Waals surface area contributed by atoms with Crippen LogP contribution in [0.4, 0.5) is 11.4 Å². The predicted octanol–water partition coefficient (Wildman–Crippen LogP) is 4.93. The summed E-state index contributed by atoms with van der Waals surface area (Å²) in [6, 6.07) is 25.2. The van der Waals surface area contributed by atoms with E-state index >= 15 is 0 Å². The number of para-hydroxylation sites is 6. The Kier molecular flexibility index (Phi) is 12.8. The van der Waals surface area contributed by atoms with Crippen molar-refractivity contribution in [3.05, 3.63) is 108 Å². The van der Waals surface area contributed by atoms with Crippen LogP contribution in [0.2, 0.25) is 0 Å². The number of ether oxygens (including phenoxy) is 2. The van der Waals surface area contributed by atoms with Crippen molar-refractivity contribution in [3.8, 4) is 23.0 Å². The zero-order valence-corrected chi connectivity index (χ0v) is 28.3. The molecular formula is C37H38N6O8. The smallest absolute Gasteiger partial charge is 0.275 e. The molecule has 2 atom stereocenters. The van der Waals surface area contributed by atoms with Crippen LogP contribution in [0.25, 0.3) is 0 Å². The van der Waals surface area contributed by atoms with Crippen molar-refractivity contribution in [2.24, 2.45) is 22.0 Å². The first-order valence-electron chi connectivity index (χ1n) is 15.7. The highest BCUT2D eigenvalue weighted by molar-refractivity contribution is 6.13. The number of benzene rings is 4. The number of phenolic OH excluding ortho intramolecular Hbond substituents is 2. The quantitative estimate of drug-likeness (QED) is 0.0788. The molecule has 0 spiro atoms. The predicted molar refractivity (Wildman–Crippen MR) is 192 cm³/mol. The van der Waals surface area contributed by atoms with Crippen LogP contribution in [0.3, 0.4) is 0 Å². The molecule has 0 saturated carbocycles. The number of nitrogens with one attached hydrogen (secondary N) is 4. The number of rotatable bonds is 14. The number of phenols is 2. The van der Waals surface area contributed by atoms with Gasteiger partial charge in [-0.1, -0.05) is 48.5 Å². The van der Waals surface area contributed by atoms with Gasteiger partial charge in [0, 0.05) is 11.4 Å². The van der Waals surface area contributed by atoms with Crippen molar-refractivity contribution in [2.75, 3.05) is 24.9 Å². The molecule has 0 fully saturated rings. The first-order valence-corrected chi connectivity index (χ1v) is 15.7. The maximum Gasteiger partial charge on any atom is 0.275 e. The van der Waals surface area contributed by atoms with E-state index in [1.807, 2.05) is 0 Å². The lowest BCUT2D eigenvalue weighted by molar-refractivity contribution is -0.120. The topological polar surface area (TPSA) is 200 Å². The van der Waals surface area contributed by atoms with Gasteiger partial charge in [-0.15, -0.1) is 0 Å². The highest BCUT2D eigenvalue weighted by Crippen LogP contribution is 2.28. The minimum atomic E-state index is -1.17. The van der Waals surface area contributed by atoms with E-state index in [2.05, 4.69) is 31.7 Å². The van der Waals surface area contributed by atoms with E-state index in [1.54, 1.807) is 72.8 Å². The Bertz CT molecular complexity index is 1820. The summed E-state index contributed by atoms with van der Waals surface area (Å²) in [6.07, 6.45) is -0.244. The van der Waals surface area contributed by atoms with Crippen LogP contribution >= 0.6 is 0 Å². The highest BCUT2D eigenvalue weighted by atomic mass is 16.5. The van der Waals surface area contributed by atoms with Crippen molar-refractivity contribution in [1.82, 2.24) is 10.9 Å². The third-order valence-electron chi connectivity index (χ3n) is 7.81. The fourth-order valence-electron chi connectivity index (χ4n) is 4.99. The largest absolute Gasteiger partial charge is 0.507 e. The summed E-state index contributed by atoms with van der Waals surface area (Å²) in [5.74, 6) is -4.78. The number of methoxy groups -OCH3 is 2. The second kappa shape index (κ2) is 17.6. The van der Waals surface area contributed by atoms with Crippen LogP contribution in [0.5, 0.6) is 23.0 Å². The molecule has 4 aromatic rings. The number of hydrazone groups is 2. The van der Waals surface area contributed by atoms with E-state index in [4.69, 9.17) is 9.47 Å². The van der Waals surface area contributed by atoms with Gasteiger partial charge in [-0.3, -0.25) is 19.2 Å². The molecule has 0 heterocycles. The van der Waals surface area contributed by atoms with Crippen molar-refractivity contribution in [2.45, 2.75) is 20.3 Å². The Morgan fingerprint density at radius 3 is 1.31 bits per heavy atom. The summed E-state index contributed by atoms with van der Waals surface area (Å²) < 4.78 is 10.8. The van der Waals surface area contributed by atoms with E-state index in [0.29, 0.717) is 22.9 Å². The molecule has 4 rings (SSSR count). The molecule has 4 amide bonds. The van der Waals surface area contributed by atoms with Gasteiger partial charge in [-0.25, -0.2) is 10.9 Å². The standard InChI is InChI=1S/C37H38N6O8/c1-22(40-42-36(48)24-13-5-9-17-30(24)44)26(34(46)38-28-15-7-11-19-32(28)50-3)21-27(35(47)39-29-16-8-12-20-33(29)51-4)23(2)41-43-37(49)25-14-6-10-18-31(25)45/h5-20,26-27,44-45H,21H2,1-4H3,(H,38,46)(H,39,47)(H,42,48)(H,43,49)/b40-22-,41-23+/t26-,27+/m0/s1. The second-order valence-corrected chi connectivity index (χ2v) is 11.1. The molecule has 0 aliphatic rings. The molecular weight excluding hydrogens is 656 g/mol. The lowest BCUT2D eigenvalue weighted by Gasteiger charge is -2.24. The summed E-state index contributed by atoms with van der Waals surface area (Å²) in [4.78, 5) is 53.8. The Morgan fingerprint density at radius 2 is 0.941 bits per heavy atom. The van der Waals surface area contributed by atoms with Crippen molar-refractivity contribution in [3.63, 3.8) is 0 Å². The van der Waals surface area contributed by atoms with Gasteiger partial charge in [0.25, 0.3) is 11.8 Å². The summed E-state index contributed by atoms with van der Waals surface area (Å²) in [5, 5.41) is 34.3. The zero-order valence-electron chi connectivity index (χ0n) is 28.3. The van der Waals surface area contributed by atoms with Gasteiger partial charge in [0.2, 0.25) is 11.8 Å². The first kappa shape index (κ1) is 37.1. The molecule has 4 aromatic carbocycles. The maximum atomic E-state index is 14.0. The van der Waals surface area contributed by atoms with Gasteiger partial charge in [0.1, 0.15) is 23.0 Å². The van der Waals surface area contributed by atoms with E-state index in [9.17, 15) is 29.4 Å². The molecule has 0 aliphatic heterocycles. The number of nitrogens with zero attached hydrogens (tertiary/aromatic N) is 2. The van der Waals surface area contributed by atoms with Gasteiger partial charge >= 0.3 is 0 Å². The minimum Gasteiger partial charge on any atom is -0.507 e. The summed E-state index contributed by atoms with van der Waals surface area (Å²) in [7, 11) is 2.90. The summed E-state index contributed by atoms with van der Waals surface area (Å²) in [5.41, 5.74) is 5.55. The maximum absolute atomic E-state index is 14.0. The van der Waals surface area contributed by atoms with Crippen molar-refractivity contribution in [1.29, 1.82) is 0 Å². The molecule has 0 aromatic heterocycles. The number of carbonyl (C=O) groups is 4. The molecule has 0 unspecified atom stereocenters. The average molecular weight is 695 g/mol. The number of anilines is 2. The van der Waals surface area contributed by atoms with Crippen molar-refractivity contribution >= 4 is 46.4 Å². The van der Waals surface area contributed by atoms with E-state index in [-0.39, 0.29) is 40.5 Å². The van der Waals surface area contributed by atoms with Crippen LogP contribution in [0.1, 0.15) is 41.0 Å². The van der Waals surface area contributed by atoms with Gasteiger partial charge < -0.3 is 30.3 Å². The third-order valence-corrected chi connectivity index (χ3v) is 7.81. The molecule has 0 radical (unpaired) electrons. The minimum absolute atomic E-state index is 0.0405. The van der Waals surface area contributed by atoms with Gasteiger partial charge in [-0.05, 0) is 68.8 Å². The third kappa shape index (κ3) is 9.69. The van der Waals surface area contributed by atoms with E-state index in [1.165, 1.54) is 52.3 Å². The van der Waals surface area contributed by atoms with Gasteiger partial charge in [0.15, 0.2) is 0 Å². The number of carbonyl (C=O) groups excluding carboxylic acids is 4. The average Bonchev–Trinajstić information content (AvgIpc) is 3.13. The monoisotopic (exact) mass is 694 g/mol. The fraction of sp³-hybridized carbons (Fsp3) is 0.189. The van der Waals surface area contributed by atoms with E-state index < -0.39 is 35.5 Å². The number of amides is 4. The summed E-state index contributed by atoms with van der Waals surface area (Å²) >= 11 is 0. The van der Waals surface area contributed by atoms with Crippen LogP contribution in [-0.4, -0.2) is 59.5 Å². The molecule has 0 saturated heterocycles. The van der Waals surface area contributed by atoms with Gasteiger partial charge in [0.05, 0.1) is 48.6 Å². The molecule has 14 heteroatoms. The molecule has 6 N–H and O–H groups in total. The Hall–Kier alpha value is -6.70. The summed E-state index contributed by atoms with van der Waals surface area (Å²) in [6.45, 7) is 3.00. The highest BCUT2D eigenvalue weighted by Gasteiger charge is 2.33. The van der Waals surface area contributed by atoms with Crippen molar-refractivity contribution < 1.29 is 38.9 Å². The van der Waals surface area contributed by atoms with Crippen LogP contribution in [0, 0.1) is 11.8 Å². The SMILES string of the molecule is COc1ccccc1NC(=O)[C@@H](C[C@@H](C(=O)Nc1ccccc1OC)/C(C)=N/NC(=O)c1ccccc1O)/C(C)=N\NC(=O)c1ccccc1O. The molecule has 264 valence electrons. The first-order chi connectivity index (χ1) is 24.5.